The molecule has 0 bridgehead atoms. The zero-order chi connectivity index (χ0) is 20.4. The Bertz CT molecular complexity index is 996. The quantitative estimate of drug-likeness (QED) is 0.517. The van der Waals surface area contributed by atoms with Gasteiger partial charge in [0.15, 0.2) is 16.7 Å². The van der Waals surface area contributed by atoms with Crippen molar-refractivity contribution >= 4 is 66.5 Å². The van der Waals surface area contributed by atoms with Crippen molar-refractivity contribution in [3.8, 4) is 11.5 Å². The number of amidine groups is 1. The van der Waals surface area contributed by atoms with Crippen LogP contribution in [0.3, 0.4) is 0 Å². The van der Waals surface area contributed by atoms with E-state index in [2.05, 4.69) is 42.2 Å². The first-order valence-electron chi connectivity index (χ1n) is 8.30. The molecule has 1 amide bonds. The molecule has 0 radical (unpaired) electrons. The highest BCUT2D eigenvalue weighted by atomic mass is 79.9. The standard InChI is InChI=1S/C20H18Br2N2O3S/c1-10-5-14(6-11(2)17(10)22)23-20-24-19(25)16(28-20)8-12-7-13(21)9-15(26-3)18(12)27-4/h5-9H,1-4H3,(H,23,24,25)/b16-8-. The number of aryl methyl sites for hydroxylation is 2. The lowest BCUT2D eigenvalue weighted by Gasteiger charge is -2.11. The van der Waals surface area contributed by atoms with E-state index in [1.165, 1.54) is 11.8 Å². The Morgan fingerprint density at radius 2 is 1.75 bits per heavy atom. The zero-order valence-corrected chi connectivity index (χ0v) is 19.7. The number of hydrogen-bond acceptors (Lipinski definition) is 5. The normalized spacial score (nSPS) is 16.6. The monoisotopic (exact) mass is 524 g/mol. The maximum atomic E-state index is 12.4. The molecule has 1 heterocycles. The highest BCUT2D eigenvalue weighted by Gasteiger charge is 2.25. The summed E-state index contributed by atoms with van der Waals surface area (Å²) in [6.07, 6.45) is 1.77. The molecule has 0 aliphatic carbocycles. The van der Waals surface area contributed by atoms with Gasteiger partial charge in [-0.3, -0.25) is 4.79 Å². The fourth-order valence-electron chi connectivity index (χ4n) is 2.79. The predicted molar refractivity (Wildman–Crippen MR) is 122 cm³/mol. The van der Waals surface area contributed by atoms with E-state index in [-0.39, 0.29) is 5.91 Å². The van der Waals surface area contributed by atoms with Gasteiger partial charge in [0.2, 0.25) is 0 Å². The third-order valence-corrected chi connectivity index (χ3v) is 6.68. The van der Waals surface area contributed by atoms with Gasteiger partial charge in [-0.2, -0.15) is 0 Å². The number of amides is 1. The topological polar surface area (TPSA) is 59.9 Å². The number of nitrogens with zero attached hydrogens (tertiary/aromatic N) is 1. The van der Waals surface area contributed by atoms with E-state index in [1.54, 1.807) is 20.3 Å². The minimum Gasteiger partial charge on any atom is -0.493 e. The second kappa shape index (κ2) is 8.71. The fourth-order valence-corrected chi connectivity index (χ4v) is 4.31. The molecule has 1 aliphatic heterocycles. The molecule has 146 valence electrons. The fraction of sp³-hybridized carbons (Fsp3) is 0.200. The lowest BCUT2D eigenvalue weighted by Crippen LogP contribution is -2.19. The number of benzene rings is 2. The smallest absolute Gasteiger partial charge is 0.264 e. The molecule has 2 aromatic rings. The Balaban J connectivity index is 1.94. The highest BCUT2D eigenvalue weighted by Crippen LogP contribution is 2.38. The number of halogens is 2. The number of carbonyl (C=O) groups excluding carboxylic acids is 1. The van der Waals surface area contributed by atoms with E-state index in [9.17, 15) is 4.79 Å². The van der Waals surface area contributed by atoms with Gasteiger partial charge in [-0.25, -0.2) is 4.99 Å². The average molecular weight is 526 g/mol. The second-order valence-electron chi connectivity index (χ2n) is 6.11. The average Bonchev–Trinajstić information content (AvgIpc) is 2.98. The Hall–Kier alpha value is -1.77. The first-order chi connectivity index (χ1) is 13.3. The lowest BCUT2D eigenvalue weighted by atomic mass is 10.1. The zero-order valence-electron chi connectivity index (χ0n) is 15.7. The van der Waals surface area contributed by atoms with E-state index in [0.717, 1.165) is 31.3 Å². The van der Waals surface area contributed by atoms with E-state index in [1.807, 2.05) is 38.1 Å². The van der Waals surface area contributed by atoms with Gasteiger partial charge < -0.3 is 14.8 Å². The molecular formula is C20H18Br2N2O3S. The Labute approximate surface area is 184 Å². The summed E-state index contributed by atoms with van der Waals surface area (Å²) in [5.74, 6) is 0.952. The summed E-state index contributed by atoms with van der Waals surface area (Å²) < 4.78 is 12.7. The maximum absolute atomic E-state index is 12.4. The van der Waals surface area contributed by atoms with Gasteiger partial charge in [-0.05, 0) is 67.1 Å². The summed E-state index contributed by atoms with van der Waals surface area (Å²) in [6.45, 7) is 4.03. The van der Waals surface area contributed by atoms with Crippen LogP contribution in [0.2, 0.25) is 0 Å². The Morgan fingerprint density at radius 1 is 1.07 bits per heavy atom. The van der Waals surface area contributed by atoms with Crippen LogP contribution in [0, 0.1) is 13.8 Å². The van der Waals surface area contributed by atoms with Crippen LogP contribution in [0.5, 0.6) is 11.5 Å². The van der Waals surface area contributed by atoms with Crippen molar-refractivity contribution in [2.75, 3.05) is 14.2 Å². The SMILES string of the molecule is COc1cc(Br)cc(/C=C2\SC(=Nc3cc(C)c(Br)c(C)c3)NC2=O)c1OC. The van der Waals surface area contributed by atoms with Crippen LogP contribution >= 0.6 is 43.6 Å². The van der Waals surface area contributed by atoms with Crippen LogP contribution in [0.25, 0.3) is 6.08 Å². The molecule has 0 saturated carbocycles. The predicted octanol–water partition coefficient (Wildman–Crippen LogP) is 5.74. The number of ether oxygens (including phenoxy) is 2. The lowest BCUT2D eigenvalue weighted by molar-refractivity contribution is -0.115. The van der Waals surface area contributed by atoms with Crippen molar-refractivity contribution in [3.05, 3.63) is 54.8 Å². The molecule has 8 heteroatoms. The van der Waals surface area contributed by atoms with Crippen LogP contribution in [-0.2, 0) is 4.79 Å². The molecule has 0 aromatic heterocycles. The maximum Gasteiger partial charge on any atom is 0.264 e. The first-order valence-corrected chi connectivity index (χ1v) is 10.7. The Morgan fingerprint density at radius 3 is 2.36 bits per heavy atom. The molecule has 2 aromatic carbocycles. The van der Waals surface area contributed by atoms with Gasteiger partial charge in [-0.1, -0.05) is 31.9 Å². The molecule has 1 fully saturated rings. The number of aliphatic imine (C=N–C) groups is 1. The molecule has 5 nitrogen and oxygen atoms in total. The van der Waals surface area contributed by atoms with Gasteiger partial charge in [0.1, 0.15) is 0 Å². The Kier molecular flexibility index (Phi) is 6.52. The van der Waals surface area contributed by atoms with Crippen LogP contribution < -0.4 is 14.8 Å². The van der Waals surface area contributed by atoms with Crippen molar-refractivity contribution in [1.82, 2.24) is 5.32 Å². The minimum absolute atomic E-state index is 0.199. The molecule has 3 rings (SSSR count). The molecule has 0 spiro atoms. The molecule has 1 aliphatic rings. The minimum atomic E-state index is -0.199. The number of rotatable bonds is 4. The molecule has 0 atom stereocenters. The second-order valence-corrected chi connectivity index (χ2v) is 8.85. The van der Waals surface area contributed by atoms with Crippen LogP contribution in [-0.4, -0.2) is 25.3 Å². The van der Waals surface area contributed by atoms with E-state index in [4.69, 9.17) is 9.47 Å². The molecule has 1 N–H and O–H groups in total. The van der Waals surface area contributed by atoms with E-state index in [0.29, 0.717) is 21.6 Å². The van der Waals surface area contributed by atoms with Crippen LogP contribution in [0.15, 0.2) is 43.1 Å². The van der Waals surface area contributed by atoms with Gasteiger partial charge in [-0.15, -0.1) is 0 Å². The van der Waals surface area contributed by atoms with Gasteiger partial charge in [0, 0.05) is 14.5 Å². The van der Waals surface area contributed by atoms with Crippen molar-refractivity contribution < 1.29 is 14.3 Å². The van der Waals surface area contributed by atoms with Crippen molar-refractivity contribution in [2.24, 2.45) is 4.99 Å². The van der Waals surface area contributed by atoms with Crippen LogP contribution in [0.1, 0.15) is 16.7 Å². The largest absolute Gasteiger partial charge is 0.493 e. The number of carbonyl (C=O) groups is 1. The molecular weight excluding hydrogens is 508 g/mol. The van der Waals surface area contributed by atoms with E-state index < -0.39 is 0 Å². The summed E-state index contributed by atoms with van der Waals surface area (Å²) in [5.41, 5.74) is 3.72. The summed E-state index contributed by atoms with van der Waals surface area (Å²) >= 11 is 8.30. The number of methoxy groups -OCH3 is 2. The van der Waals surface area contributed by atoms with Gasteiger partial charge >= 0.3 is 0 Å². The third-order valence-electron chi connectivity index (χ3n) is 4.06. The van der Waals surface area contributed by atoms with Crippen LogP contribution in [0.4, 0.5) is 5.69 Å². The molecule has 28 heavy (non-hydrogen) atoms. The summed E-state index contributed by atoms with van der Waals surface area (Å²) in [5, 5.41) is 3.36. The summed E-state index contributed by atoms with van der Waals surface area (Å²) in [7, 11) is 3.14. The number of hydrogen-bond donors (Lipinski definition) is 1. The van der Waals surface area contributed by atoms with Crippen molar-refractivity contribution in [3.63, 3.8) is 0 Å². The summed E-state index contributed by atoms with van der Waals surface area (Å²) in [6, 6.07) is 7.63. The van der Waals surface area contributed by atoms with Crippen molar-refractivity contribution in [1.29, 1.82) is 0 Å². The molecule has 0 unspecified atom stereocenters. The van der Waals surface area contributed by atoms with Gasteiger partial charge in [0.05, 0.1) is 24.8 Å². The third kappa shape index (κ3) is 4.45. The van der Waals surface area contributed by atoms with Gasteiger partial charge in [0.25, 0.3) is 5.91 Å². The highest BCUT2D eigenvalue weighted by molar-refractivity contribution is 9.10. The number of nitrogens with one attached hydrogen (secondary N) is 1. The molecule has 1 saturated heterocycles. The van der Waals surface area contributed by atoms with Crippen molar-refractivity contribution in [2.45, 2.75) is 13.8 Å². The summed E-state index contributed by atoms with van der Waals surface area (Å²) in [4.78, 5) is 17.5. The number of thioether (sulfide) groups is 1. The first kappa shape index (κ1) is 21.0. The van der Waals surface area contributed by atoms with E-state index >= 15 is 0 Å².